The molecule has 31 heavy (non-hydrogen) atoms. The molecule has 0 bridgehead atoms. The Morgan fingerprint density at radius 1 is 1.03 bits per heavy atom. The zero-order chi connectivity index (χ0) is 21.7. The van der Waals surface area contributed by atoms with Crippen molar-refractivity contribution in [3.63, 3.8) is 0 Å². The van der Waals surface area contributed by atoms with Gasteiger partial charge in [-0.05, 0) is 58.9 Å². The molecule has 174 valence electrons. The fourth-order valence-corrected chi connectivity index (χ4v) is 6.01. The van der Waals surface area contributed by atoms with Gasteiger partial charge in [-0.1, -0.05) is 13.3 Å². The van der Waals surface area contributed by atoms with E-state index in [9.17, 15) is 0 Å². The number of nitrogens with one attached hydrogen (secondary N) is 1. The highest BCUT2D eigenvalue weighted by Crippen LogP contribution is 2.31. The minimum atomic E-state index is 0.272. The molecule has 4 rings (SSSR count). The van der Waals surface area contributed by atoms with Crippen molar-refractivity contribution in [3.8, 4) is 0 Å². The van der Waals surface area contributed by atoms with Gasteiger partial charge >= 0.3 is 0 Å². The first-order valence-electron chi connectivity index (χ1n) is 12.1. The van der Waals surface area contributed by atoms with E-state index in [1.54, 1.807) is 0 Å². The summed E-state index contributed by atoms with van der Waals surface area (Å²) in [5, 5.41) is 4.87. The minimum Gasteiger partial charge on any atom is -0.354 e. The van der Waals surface area contributed by atoms with Gasteiger partial charge in [0.2, 0.25) is 5.13 Å². The topological polar surface area (TPSA) is 63.1 Å². The van der Waals surface area contributed by atoms with Gasteiger partial charge in [0.05, 0.1) is 0 Å². The largest absolute Gasteiger partial charge is 0.354 e. The van der Waals surface area contributed by atoms with Crippen LogP contribution in [0.4, 0.5) is 5.13 Å². The van der Waals surface area contributed by atoms with Crippen LogP contribution >= 0.6 is 11.5 Å². The van der Waals surface area contributed by atoms with Crippen LogP contribution in [0.15, 0.2) is 4.99 Å². The average molecular weight is 449 g/mol. The van der Waals surface area contributed by atoms with E-state index in [2.05, 4.69) is 53.2 Å². The number of nitrogens with zero attached hydrogens (tertiary/aromatic N) is 7. The number of guanidine groups is 1. The van der Waals surface area contributed by atoms with E-state index in [1.165, 1.54) is 69.8 Å². The first-order valence-corrected chi connectivity index (χ1v) is 12.9. The predicted molar refractivity (Wildman–Crippen MR) is 129 cm³/mol. The summed E-state index contributed by atoms with van der Waals surface area (Å²) in [6, 6.07) is 0. The lowest BCUT2D eigenvalue weighted by Gasteiger charge is -2.50. The van der Waals surface area contributed by atoms with Crippen molar-refractivity contribution in [1.29, 1.82) is 0 Å². The highest BCUT2D eigenvalue weighted by atomic mass is 32.1. The summed E-state index contributed by atoms with van der Waals surface area (Å²) in [6.07, 6.45) is 7.48. The van der Waals surface area contributed by atoms with Gasteiger partial charge in [0, 0.05) is 63.3 Å². The van der Waals surface area contributed by atoms with Crippen LogP contribution in [0.5, 0.6) is 0 Å². The van der Waals surface area contributed by atoms with E-state index in [1.807, 2.05) is 7.05 Å². The highest BCUT2D eigenvalue weighted by molar-refractivity contribution is 7.09. The maximum Gasteiger partial charge on any atom is 0.205 e. The molecule has 1 N–H and O–H groups in total. The van der Waals surface area contributed by atoms with Crippen LogP contribution in [0.1, 0.15) is 44.9 Å². The standard InChI is InChI=1S/C22H40N8S/c1-4-19-25-21(31-26-19)29-16-14-28(15-17-29)20(23-2)24-18-22(8-12-27(3)13-9-22)30-10-6-5-7-11-30/h4-18H2,1-3H3,(H,23,24). The van der Waals surface area contributed by atoms with Crippen LogP contribution < -0.4 is 10.2 Å². The molecule has 8 nitrogen and oxygen atoms in total. The van der Waals surface area contributed by atoms with Crippen LogP contribution in [0.3, 0.4) is 0 Å². The van der Waals surface area contributed by atoms with E-state index in [-0.39, 0.29) is 5.54 Å². The van der Waals surface area contributed by atoms with E-state index < -0.39 is 0 Å². The van der Waals surface area contributed by atoms with Crippen molar-refractivity contribution in [2.45, 2.75) is 51.0 Å². The Morgan fingerprint density at radius 2 is 1.74 bits per heavy atom. The number of piperidine rings is 2. The molecule has 9 heteroatoms. The lowest BCUT2D eigenvalue weighted by molar-refractivity contribution is 0.0169. The maximum atomic E-state index is 4.67. The van der Waals surface area contributed by atoms with E-state index in [0.29, 0.717) is 0 Å². The molecule has 3 saturated heterocycles. The van der Waals surface area contributed by atoms with Crippen LogP contribution in [0.25, 0.3) is 0 Å². The monoisotopic (exact) mass is 448 g/mol. The summed E-state index contributed by atoms with van der Waals surface area (Å²) in [7, 11) is 4.18. The second kappa shape index (κ2) is 10.4. The molecule has 0 saturated carbocycles. The first-order chi connectivity index (χ1) is 15.1. The summed E-state index contributed by atoms with van der Waals surface area (Å²) < 4.78 is 4.45. The Balaban J connectivity index is 1.34. The van der Waals surface area contributed by atoms with Crippen LogP contribution in [-0.2, 0) is 6.42 Å². The fraction of sp³-hybridized carbons (Fsp3) is 0.864. The van der Waals surface area contributed by atoms with Crippen LogP contribution in [-0.4, -0.2) is 109 Å². The second-order valence-electron chi connectivity index (χ2n) is 9.30. The number of rotatable bonds is 5. The normalized spacial score (nSPS) is 23.9. The fourth-order valence-electron chi connectivity index (χ4n) is 5.21. The Hall–Kier alpha value is -1.45. The summed E-state index contributed by atoms with van der Waals surface area (Å²) in [6.45, 7) is 11.9. The third kappa shape index (κ3) is 5.31. The predicted octanol–water partition coefficient (Wildman–Crippen LogP) is 1.75. The molecule has 1 aromatic heterocycles. The smallest absolute Gasteiger partial charge is 0.205 e. The number of anilines is 1. The Bertz CT molecular complexity index is 713. The van der Waals surface area contributed by atoms with E-state index >= 15 is 0 Å². The zero-order valence-electron chi connectivity index (χ0n) is 19.6. The number of hydrogen-bond acceptors (Lipinski definition) is 7. The minimum absolute atomic E-state index is 0.272. The average Bonchev–Trinajstić information content (AvgIpc) is 3.31. The molecule has 1 aromatic rings. The molecular weight excluding hydrogens is 408 g/mol. The van der Waals surface area contributed by atoms with Gasteiger partial charge in [0.25, 0.3) is 0 Å². The van der Waals surface area contributed by atoms with Gasteiger partial charge in [-0.25, -0.2) is 4.98 Å². The van der Waals surface area contributed by atoms with Crippen molar-refractivity contribution in [2.24, 2.45) is 4.99 Å². The zero-order valence-corrected chi connectivity index (χ0v) is 20.5. The Kier molecular flexibility index (Phi) is 7.66. The SMILES string of the molecule is CCc1nsc(N2CCN(C(=NC)NCC3(N4CCCCC4)CCN(C)CC3)CC2)n1. The second-order valence-corrected chi connectivity index (χ2v) is 10.0. The number of aryl methyl sites for hydroxylation is 1. The number of likely N-dealkylation sites (tertiary alicyclic amines) is 2. The van der Waals surface area contributed by atoms with Gasteiger partial charge in [-0.15, -0.1) is 0 Å². The van der Waals surface area contributed by atoms with Crippen molar-refractivity contribution < 1.29 is 0 Å². The van der Waals surface area contributed by atoms with Crippen molar-refractivity contribution in [2.75, 3.05) is 77.9 Å². The molecule has 0 amide bonds. The summed E-state index contributed by atoms with van der Waals surface area (Å²) in [5.74, 6) is 2.02. The lowest BCUT2D eigenvalue weighted by atomic mass is 9.84. The van der Waals surface area contributed by atoms with E-state index in [0.717, 1.165) is 56.1 Å². The molecule has 4 heterocycles. The third-order valence-corrected chi connectivity index (χ3v) is 8.17. The Labute approximate surface area is 191 Å². The molecule has 0 atom stereocenters. The summed E-state index contributed by atoms with van der Waals surface area (Å²) in [4.78, 5) is 19.4. The van der Waals surface area contributed by atoms with Gasteiger partial charge in [-0.3, -0.25) is 9.89 Å². The first kappa shape index (κ1) is 22.7. The molecule has 0 aromatic carbocycles. The summed E-state index contributed by atoms with van der Waals surface area (Å²) >= 11 is 1.53. The molecule has 3 aliphatic heterocycles. The molecular formula is C22H40N8S. The molecule has 3 aliphatic rings. The number of piperazine rings is 1. The van der Waals surface area contributed by atoms with Gasteiger partial charge in [-0.2, -0.15) is 4.37 Å². The number of hydrogen-bond donors (Lipinski definition) is 1. The van der Waals surface area contributed by atoms with E-state index in [4.69, 9.17) is 0 Å². The molecule has 0 aliphatic carbocycles. The lowest BCUT2D eigenvalue weighted by Crippen LogP contribution is -2.63. The Morgan fingerprint density at radius 3 is 2.35 bits per heavy atom. The van der Waals surface area contributed by atoms with Crippen molar-refractivity contribution in [3.05, 3.63) is 5.82 Å². The molecule has 0 spiro atoms. The number of aliphatic imine (C=N–C) groups is 1. The van der Waals surface area contributed by atoms with Gasteiger partial charge in [0.1, 0.15) is 5.82 Å². The van der Waals surface area contributed by atoms with Crippen molar-refractivity contribution >= 4 is 22.6 Å². The molecule has 3 fully saturated rings. The quantitative estimate of drug-likeness (QED) is 0.544. The van der Waals surface area contributed by atoms with Crippen LogP contribution in [0, 0.1) is 0 Å². The number of aromatic nitrogens is 2. The third-order valence-electron chi connectivity index (χ3n) is 7.36. The summed E-state index contributed by atoms with van der Waals surface area (Å²) in [5.41, 5.74) is 0.272. The van der Waals surface area contributed by atoms with Gasteiger partial charge in [0.15, 0.2) is 5.96 Å². The van der Waals surface area contributed by atoms with Crippen LogP contribution in [0.2, 0.25) is 0 Å². The van der Waals surface area contributed by atoms with Crippen molar-refractivity contribution in [1.82, 2.24) is 29.4 Å². The molecule has 0 unspecified atom stereocenters. The van der Waals surface area contributed by atoms with Gasteiger partial charge < -0.3 is 20.0 Å². The highest BCUT2D eigenvalue weighted by Gasteiger charge is 2.40. The maximum absolute atomic E-state index is 4.67. The molecule has 0 radical (unpaired) electrons.